The van der Waals surface area contributed by atoms with Crippen molar-refractivity contribution in [3.8, 4) is 0 Å². The third-order valence-corrected chi connectivity index (χ3v) is 3.02. The van der Waals surface area contributed by atoms with Crippen LogP contribution in [0.15, 0.2) is 30.3 Å². The first-order valence-corrected chi connectivity index (χ1v) is 5.58. The maximum absolute atomic E-state index is 9.61. The van der Waals surface area contributed by atoms with Gasteiger partial charge in [0.05, 0.1) is 19.3 Å². The van der Waals surface area contributed by atoms with Crippen molar-refractivity contribution in [2.24, 2.45) is 11.1 Å². The summed E-state index contributed by atoms with van der Waals surface area (Å²) in [6.45, 7) is 5.13. The SMILES string of the molecule is CC(O)C(C)(CN)COCc1ccccc1. The smallest absolute Gasteiger partial charge is 0.0717 e. The largest absolute Gasteiger partial charge is 0.393 e. The second-order valence-corrected chi connectivity index (χ2v) is 4.51. The lowest BCUT2D eigenvalue weighted by atomic mass is 9.86. The predicted molar refractivity (Wildman–Crippen MR) is 64.9 cm³/mol. The van der Waals surface area contributed by atoms with Crippen LogP contribution in [0.5, 0.6) is 0 Å². The Kier molecular flexibility index (Phi) is 4.93. The summed E-state index contributed by atoms with van der Waals surface area (Å²) >= 11 is 0. The van der Waals surface area contributed by atoms with E-state index in [9.17, 15) is 5.11 Å². The number of hydrogen-bond donors (Lipinski definition) is 2. The van der Waals surface area contributed by atoms with E-state index in [1.54, 1.807) is 6.92 Å². The number of aliphatic hydroxyl groups excluding tert-OH is 1. The topological polar surface area (TPSA) is 55.5 Å². The molecular formula is C13H21NO2. The van der Waals surface area contributed by atoms with Gasteiger partial charge in [0.1, 0.15) is 0 Å². The van der Waals surface area contributed by atoms with Gasteiger partial charge in [-0.15, -0.1) is 0 Å². The molecule has 1 rings (SSSR count). The van der Waals surface area contributed by atoms with Gasteiger partial charge in [-0.25, -0.2) is 0 Å². The zero-order valence-corrected chi connectivity index (χ0v) is 10.0. The van der Waals surface area contributed by atoms with Crippen molar-refractivity contribution < 1.29 is 9.84 Å². The minimum absolute atomic E-state index is 0.366. The van der Waals surface area contributed by atoms with Gasteiger partial charge < -0.3 is 15.6 Å². The molecule has 3 nitrogen and oxygen atoms in total. The molecule has 1 aromatic carbocycles. The van der Waals surface area contributed by atoms with Gasteiger partial charge in [-0.1, -0.05) is 37.3 Å². The Labute approximate surface area is 97.2 Å². The number of benzene rings is 1. The summed E-state index contributed by atoms with van der Waals surface area (Å²) in [6.07, 6.45) is -0.465. The van der Waals surface area contributed by atoms with Crippen molar-refractivity contribution >= 4 is 0 Å². The van der Waals surface area contributed by atoms with Crippen LogP contribution in [0.2, 0.25) is 0 Å². The first-order chi connectivity index (χ1) is 7.58. The van der Waals surface area contributed by atoms with E-state index in [4.69, 9.17) is 10.5 Å². The third-order valence-electron chi connectivity index (χ3n) is 3.02. The van der Waals surface area contributed by atoms with Gasteiger partial charge in [0.2, 0.25) is 0 Å². The Morgan fingerprint density at radius 2 is 2.00 bits per heavy atom. The van der Waals surface area contributed by atoms with Crippen LogP contribution in [-0.4, -0.2) is 24.4 Å². The van der Waals surface area contributed by atoms with Gasteiger partial charge >= 0.3 is 0 Å². The molecule has 0 aromatic heterocycles. The average Bonchev–Trinajstić information content (AvgIpc) is 2.30. The van der Waals surface area contributed by atoms with E-state index >= 15 is 0 Å². The standard InChI is InChI=1S/C13H21NO2/c1-11(15)13(2,9-14)10-16-8-12-6-4-3-5-7-12/h3-7,11,15H,8-10,14H2,1-2H3. The molecule has 0 aliphatic carbocycles. The summed E-state index contributed by atoms with van der Waals surface area (Å²) in [5, 5.41) is 9.61. The fourth-order valence-electron chi connectivity index (χ4n) is 1.33. The van der Waals surface area contributed by atoms with Gasteiger partial charge in [0.25, 0.3) is 0 Å². The molecule has 3 N–H and O–H groups in total. The summed E-state index contributed by atoms with van der Waals surface area (Å²) in [5.74, 6) is 0. The van der Waals surface area contributed by atoms with E-state index in [-0.39, 0.29) is 5.41 Å². The number of rotatable bonds is 6. The summed E-state index contributed by atoms with van der Waals surface area (Å²) in [5.41, 5.74) is 6.41. The number of hydrogen-bond acceptors (Lipinski definition) is 3. The predicted octanol–water partition coefficient (Wildman–Crippen LogP) is 1.55. The van der Waals surface area contributed by atoms with Crippen LogP contribution in [0.25, 0.3) is 0 Å². The van der Waals surface area contributed by atoms with Crippen molar-refractivity contribution in [2.45, 2.75) is 26.6 Å². The molecule has 0 heterocycles. The Bertz CT molecular complexity index is 300. The molecule has 3 heteroatoms. The molecule has 0 radical (unpaired) electrons. The Morgan fingerprint density at radius 1 is 1.38 bits per heavy atom. The van der Waals surface area contributed by atoms with Gasteiger partial charge in [-0.2, -0.15) is 0 Å². The second kappa shape index (κ2) is 5.99. The van der Waals surface area contributed by atoms with Crippen LogP contribution < -0.4 is 5.73 Å². The number of aliphatic hydroxyl groups is 1. The molecule has 0 bridgehead atoms. The van der Waals surface area contributed by atoms with Gasteiger partial charge in [-0.3, -0.25) is 0 Å². The maximum Gasteiger partial charge on any atom is 0.0717 e. The summed E-state index contributed by atoms with van der Waals surface area (Å²) in [4.78, 5) is 0. The minimum Gasteiger partial charge on any atom is -0.393 e. The summed E-state index contributed by atoms with van der Waals surface area (Å²) in [6, 6.07) is 9.97. The van der Waals surface area contributed by atoms with Crippen LogP contribution in [0, 0.1) is 5.41 Å². The summed E-state index contributed by atoms with van der Waals surface area (Å²) < 4.78 is 5.60. The van der Waals surface area contributed by atoms with Crippen molar-refractivity contribution in [3.05, 3.63) is 35.9 Å². The highest BCUT2D eigenvalue weighted by molar-refractivity contribution is 5.13. The Hall–Kier alpha value is -0.900. The zero-order valence-electron chi connectivity index (χ0n) is 10.0. The molecule has 0 fully saturated rings. The Balaban J connectivity index is 2.40. The lowest BCUT2D eigenvalue weighted by molar-refractivity contribution is -0.0260. The van der Waals surface area contributed by atoms with E-state index in [1.807, 2.05) is 37.3 Å². The lowest BCUT2D eigenvalue weighted by Gasteiger charge is -2.30. The molecule has 2 unspecified atom stereocenters. The molecule has 0 saturated heterocycles. The van der Waals surface area contributed by atoms with E-state index in [0.29, 0.717) is 19.8 Å². The highest BCUT2D eigenvalue weighted by Gasteiger charge is 2.28. The van der Waals surface area contributed by atoms with Crippen LogP contribution >= 0.6 is 0 Å². The molecule has 0 saturated carbocycles. The van der Waals surface area contributed by atoms with E-state index in [1.165, 1.54) is 0 Å². The highest BCUT2D eigenvalue weighted by atomic mass is 16.5. The number of nitrogens with two attached hydrogens (primary N) is 1. The van der Waals surface area contributed by atoms with Crippen LogP contribution in [0.4, 0.5) is 0 Å². The van der Waals surface area contributed by atoms with Crippen LogP contribution in [0.1, 0.15) is 19.4 Å². The normalized spacial score (nSPS) is 16.8. The van der Waals surface area contributed by atoms with Crippen molar-refractivity contribution in [1.82, 2.24) is 0 Å². The maximum atomic E-state index is 9.61. The molecule has 0 amide bonds. The monoisotopic (exact) mass is 223 g/mol. The third kappa shape index (κ3) is 3.59. The van der Waals surface area contributed by atoms with Crippen LogP contribution in [0.3, 0.4) is 0 Å². The van der Waals surface area contributed by atoms with E-state index in [0.717, 1.165) is 5.56 Å². The molecule has 0 aliphatic rings. The van der Waals surface area contributed by atoms with E-state index < -0.39 is 6.10 Å². The van der Waals surface area contributed by atoms with Crippen molar-refractivity contribution in [3.63, 3.8) is 0 Å². The molecular weight excluding hydrogens is 202 g/mol. The quantitative estimate of drug-likeness (QED) is 0.769. The first-order valence-electron chi connectivity index (χ1n) is 5.58. The van der Waals surface area contributed by atoms with E-state index in [2.05, 4.69) is 0 Å². The molecule has 2 atom stereocenters. The minimum atomic E-state index is -0.465. The molecule has 90 valence electrons. The van der Waals surface area contributed by atoms with Gasteiger partial charge in [0.15, 0.2) is 0 Å². The van der Waals surface area contributed by atoms with Crippen molar-refractivity contribution in [2.75, 3.05) is 13.2 Å². The van der Waals surface area contributed by atoms with Gasteiger partial charge in [0, 0.05) is 12.0 Å². The zero-order chi connectivity index (χ0) is 12.0. The second-order valence-electron chi connectivity index (χ2n) is 4.51. The molecule has 0 spiro atoms. The highest BCUT2D eigenvalue weighted by Crippen LogP contribution is 2.20. The Morgan fingerprint density at radius 3 is 2.50 bits per heavy atom. The number of ether oxygens (including phenoxy) is 1. The van der Waals surface area contributed by atoms with Crippen LogP contribution in [-0.2, 0) is 11.3 Å². The van der Waals surface area contributed by atoms with Crippen molar-refractivity contribution in [1.29, 1.82) is 0 Å². The molecule has 1 aromatic rings. The molecule has 16 heavy (non-hydrogen) atoms. The average molecular weight is 223 g/mol. The molecule has 0 aliphatic heterocycles. The summed E-state index contributed by atoms with van der Waals surface area (Å²) in [7, 11) is 0. The lowest BCUT2D eigenvalue weighted by Crippen LogP contribution is -2.41. The fraction of sp³-hybridized carbons (Fsp3) is 0.538. The fourth-order valence-corrected chi connectivity index (χ4v) is 1.33. The first kappa shape index (κ1) is 13.2. The van der Waals surface area contributed by atoms with Gasteiger partial charge in [-0.05, 0) is 12.5 Å².